The number of hydrogen-bond donors (Lipinski definition) is 2. The molecule has 2 aromatic carbocycles. The van der Waals surface area contributed by atoms with E-state index < -0.39 is 0 Å². The number of methoxy groups -OCH3 is 1. The number of benzene rings is 2. The van der Waals surface area contributed by atoms with Gasteiger partial charge < -0.3 is 15.0 Å². The van der Waals surface area contributed by atoms with Gasteiger partial charge in [0.25, 0.3) is 5.91 Å². The number of aromatic amines is 1. The molecule has 9 heteroatoms. The third kappa shape index (κ3) is 4.93. The average Bonchev–Trinajstić information content (AvgIpc) is 3.32. The molecule has 0 saturated carbocycles. The first-order chi connectivity index (χ1) is 15.5. The molecule has 1 aliphatic heterocycles. The van der Waals surface area contributed by atoms with Crippen molar-refractivity contribution in [2.75, 3.05) is 20.2 Å². The van der Waals surface area contributed by atoms with Gasteiger partial charge >= 0.3 is 0 Å². The van der Waals surface area contributed by atoms with Crippen LogP contribution in [-0.2, 0) is 11.3 Å². The number of rotatable bonds is 6. The molecule has 2 N–H and O–H groups in total. The molecular formula is C23H24FN5O3. The third-order valence-electron chi connectivity index (χ3n) is 5.55. The summed E-state index contributed by atoms with van der Waals surface area (Å²) >= 11 is 0. The Kier molecular flexibility index (Phi) is 6.44. The number of amides is 2. The second kappa shape index (κ2) is 9.59. The van der Waals surface area contributed by atoms with Gasteiger partial charge in [0.15, 0.2) is 5.82 Å². The summed E-state index contributed by atoms with van der Waals surface area (Å²) in [7, 11) is 1.61. The monoisotopic (exact) mass is 437 g/mol. The lowest BCUT2D eigenvalue weighted by molar-refractivity contribution is -0.126. The van der Waals surface area contributed by atoms with Crippen LogP contribution in [0.15, 0.2) is 48.5 Å². The van der Waals surface area contributed by atoms with Crippen LogP contribution in [0.4, 0.5) is 4.39 Å². The number of piperidine rings is 1. The van der Waals surface area contributed by atoms with Crippen LogP contribution in [0.5, 0.6) is 5.75 Å². The molecule has 2 amide bonds. The Morgan fingerprint density at radius 3 is 2.47 bits per heavy atom. The number of H-pyrrole nitrogens is 1. The molecule has 0 aliphatic carbocycles. The number of nitrogens with zero attached hydrogens (tertiary/aromatic N) is 3. The van der Waals surface area contributed by atoms with E-state index >= 15 is 0 Å². The standard InChI is InChI=1S/C23H24FN5O3/c1-32-19-8-4-15(5-9-19)21-26-20(27-28-21)14-25-22(30)16-10-12-29(13-11-16)23(31)17-2-6-18(24)7-3-17/h2-9,16H,10-14H2,1H3,(H,25,30)(H,26,27,28). The molecule has 0 bridgehead atoms. The normalized spacial score (nSPS) is 14.2. The van der Waals surface area contributed by atoms with Crippen LogP contribution >= 0.6 is 0 Å². The van der Waals surface area contributed by atoms with Gasteiger partial charge in [0.05, 0.1) is 13.7 Å². The van der Waals surface area contributed by atoms with Gasteiger partial charge in [-0.05, 0) is 61.4 Å². The second-order valence-electron chi connectivity index (χ2n) is 7.63. The largest absolute Gasteiger partial charge is 0.497 e. The van der Waals surface area contributed by atoms with E-state index in [2.05, 4.69) is 20.5 Å². The Morgan fingerprint density at radius 1 is 1.12 bits per heavy atom. The van der Waals surface area contributed by atoms with Gasteiger partial charge in [-0.25, -0.2) is 9.37 Å². The lowest BCUT2D eigenvalue weighted by Crippen LogP contribution is -2.43. The van der Waals surface area contributed by atoms with Crippen molar-refractivity contribution in [2.24, 2.45) is 5.92 Å². The van der Waals surface area contributed by atoms with Crippen LogP contribution in [0.25, 0.3) is 11.4 Å². The first kappa shape index (κ1) is 21.5. The fraction of sp³-hybridized carbons (Fsp3) is 0.304. The summed E-state index contributed by atoms with van der Waals surface area (Å²) in [5.41, 5.74) is 1.30. The SMILES string of the molecule is COc1ccc(-c2n[nH]c(CNC(=O)C3CCN(C(=O)c4ccc(F)cc4)CC3)n2)cc1. The molecule has 0 unspecified atom stereocenters. The lowest BCUT2D eigenvalue weighted by atomic mass is 9.95. The second-order valence-corrected chi connectivity index (χ2v) is 7.63. The van der Waals surface area contributed by atoms with Gasteiger partial charge in [0.1, 0.15) is 17.4 Å². The molecule has 1 fully saturated rings. The van der Waals surface area contributed by atoms with Gasteiger partial charge in [-0.3, -0.25) is 14.7 Å². The van der Waals surface area contributed by atoms with Crippen LogP contribution in [-0.4, -0.2) is 52.1 Å². The van der Waals surface area contributed by atoms with Crippen molar-refractivity contribution in [1.82, 2.24) is 25.4 Å². The van der Waals surface area contributed by atoms with Gasteiger partial charge in [-0.15, -0.1) is 0 Å². The molecule has 1 saturated heterocycles. The van der Waals surface area contributed by atoms with Gasteiger partial charge in [0.2, 0.25) is 5.91 Å². The smallest absolute Gasteiger partial charge is 0.253 e. The van der Waals surface area contributed by atoms with Crippen molar-refractivity contribution in [1.29, 1.82) is 0 Å². The number of nitrogens with one attached hydrogen (secondary N) is 2. The first-order valence-electron chi connectivity index (χ1n) is 10.4. The Labute approximate surface area is 184 Å². The van der Waals surface area contributed by atoms with Crippen molar-refractivity contribution in [3.63, 3.8) is 0 Å². The minimum Gasteiger partial charge on any atom is -0.497 e. The van der Waals surface area contributed by atoms with Gasteiger partial charge in [-0.2, -0.15) is 5.10 Å². The number of carbonyl (C=O) groups excluding carboxylic acids is 2. The third-order valence-corrected chi connectivity index (χ3v) is 5.55. The number of ether oxygens (including phenoxy) is 1. The summed E-state index contributed by atoms with van der Waals surface area (Å²) in [6.07, 6.45) is 1.15. The summed E-state index contributed by atoms with van der Waals surface area (Å²) in [4.78, 5) is 31.2. The zero-order valence-corrected chi connectivity index (χ0v) is 17.7. The van der Waals surface area contributed by atoms with Crippen LogP contribution in [0, 0.1) is 11.7 Å². The van der Waals surface area contributed by atoms with Crippen molar-refractivity contribution in [3.8, 4) is 17.1 Å². The maximum Gasteiger partial charge on any atom is 0.253 e. The molecule has 1 aliphatic rings. The maximum atomic E-state index is 13.1. The minimum absolute atomic E-state index is 0.0683. The Hall–Kier alpha value is -3.75. The molecule has 8 nitrogen and oxygen atoms in total. The Bertz CT molecular complexity index is 1070. The van der Waals surface area contributed by atoms with Crippen LogP contribution in [0.3, 0.4) is 0 Å². The summed E-state index contributed by atoms with van der Waals surface area (Å²) in [6, 6.07) is 12.9. The molecule has 3 aromatic rings. The highest BCUT2D eigenvalue weighted by Gasteiger charge is 2.27. The van der Waals surface area contributed by atoms with Crippen LogP contribution in [0.2, 0.25) is 0 Å². The molecule has 0 atom stereocenters. The predicted octanol–water partition coefficient (Wildman–Crippen LogP) is 2.79. The van der Waals surface area contributed by atoms with Crippen LogP contribution < -0.4 is 10.1 Å². The van der Waals surface area contributed by atoms with Crippen molar-refractivity contribution in [3.05, 3.63) is 65.7 Å². The zero-order chi connectivity index (χ0) is 22.5. The number of likely N-dealkylation sites (tertiary alicyclic amines) is 1. The molecule has 0 radical (unpaired) electrons. The van der Waals surface area contributed by atoms with Crippen molar-refractivity contribution in [2.45, 2.75) is 19.4 Å². The topological polar surface area (TPSA) is 100 Å². The number of aromatic nitrogens is 3. The molecule has 166 valence electrons. The molecule has 0 spiro atoms. The average molecular weight is 437 g/mol. The molecule has 4 rings (SSSR count). The summed E-state index contributed by atoms with van der Waals surface area (Å²) < 4.78 is 18.2. The van der Waals surface area contributed by atoms with E-state index in [0.29, 0.717) is 43.1 Å². The summed E-state index contributed by atoms with van der Waals surface area (Å²) in [5, 5.41) is 9.94. The molecule has 1 aromatic heterocycles. The fourth-order valence-corrected chi connectivity index (χ4v) is 3.68. The Morgan fingerprint density at radius 2 is 1.81 bits per heavy atom. The summed E-state index contributed by atoms with van der Waals surface area (Å²) in [6.45, 7) is 1.22. The molecular weight excluding hydrogens is 413 g/mol. The number of hydrogen-bond acceptors (Lipinski definition) is 5. The van der Waals surface area contributed by atoms with E-state index in [1.54, 1.807) is 12.0 Å². The quantitative estimate of drug-likeness (QED) is 0.618. The van der Waals surface area contributed by atoms with Crippen LogP contribution in [0.1, 0.15) is 29.0 Å². The lowest BCUT2D eigenvalue weighted by Gasteiger charge is -2.31. The summed E-state index contributed by atoms with van der Waals surface area (Å²) in [5.74, 6) is 1.11. The maximum absolute atomic E-state index is 13.1. The van der Waals surface area contributed by atoms with Gasteiger partial charge in [-0.1, -0.05) is 0 Å². The highest BCUT2D eigenvalue weighted by atomic mass is 19.1. The Balaban J connectivity index is 1.26. The van der Waals surface area contributed by atoms with Crippen molar-refractivity contribution >= 4 is 11.8 Å². The number of halogens is 1. The van der Waals surface area contributed by atoms with E-state index in [4.69, 9.17) is 4.74 Å². The van der Waals surface area contributed by atoms with E-state index in [0.717, 1.165) is 11.3 Å². The van der Waals surface area contributed by atoms with Crippen molar-refractivity contribution < 1.29 is 18.7 Å². The number of carbonyl (C=O) groups is 2. The minimum atomic E-state index is -0.375. The van der Waals surface area contributed by atoms with E-state index in [1.165, 1.54) is 24.3 Å². The van der Waals surface area contributed by atoms with E-state index in [9.17, 15) is 14.0 Å². The fourth-order valence-electron chi connectivity index (χ4n) is 3.68. The molecule has 2 heterocycles. The molecule has 32 heavy (non-hydrogen) atoms. The zero-order valence-electron chi connectivity index (χ0n) is 17.7. The highest BCUT2D eigenvalue weighted by Crippen LogP contribution is 2.21. The van der Waals surface area contributed by atoms with E-state index in [-0.39, 0.29) is 30.1 Å². The van der Waals surface area contributed by atoms with E-state index in [1.807, 2.05) is 24.3 Å². The van der Waals surface area contributed by atoms with Gasteiger partial charge in [0, 0.05) is 30.1 Å². The first-order valence-corrected chi connectivity index (χ1v) is 10.4. The highest BCUT2D eigenvalue weighted by molar-refractivity contribution is 5.94. The predicted molar refractivity (Wildman–Crippen MR) is 115 cm³/mol.